The molecule has 0 spiro atoms. The number of ether oxygens (including phenoxy) is 1. The number of fused-ring (bicyclic) bond motifs is 1. The Hall–Kier alpha value is -1.96. The average molecular weight is 405 g/mol. The maximum Gasteiger partial charge on any atom is 0.252 e. The third kappa shape index (κ3) is 4.86. The Labute approximate surface area is 165 Å². The molecule has 4 nitrogen and oxygen atoms in total. The highest BCUT2D eigenvalue weighted by molar-refractivity contribution is 7.99. The van der Waals surface area contributed by atoms with Crippen LogP contribution in [0.2, 0.25) is 0 Å². The Balaban J connectivity index is 1.89. The highest BCUT2D eigenvalue weighted by atomic mass is 32.2. The van der Waals surface area contributed by atoms with Crippen LogP contribution in [0.25, 0.3) is 10.2 Å². The number of aromatic nitrogens is 1. The maximum absolute atomic E-state index is 14.3. The van der Waals surface area contributed by atoms with Gasteiger partial charge in [0, 0.05) is 18.6 Å². The van der Waals surface area contributed by atoms with E-state index in [1.807, 2.05) is 30.3 Å². The van der Waals surface area contributed by atoms with Crippen molar-refractivity contribution in [1.29, 1.82) is 0 Å². The van der Waals surface area contributed by atoms with Gasteiger partial charge in [0.25, 0.3) is 5.91 Å². The zero-order valence-electron chi connectivity index (χ0n) is 15.3. The summed E-state index contributed by atoms with van der Waals surface area (Å²) in [6.45, 7) is 2.96. The number of thioether (sulfide) groups is 1. The number of rotatable bonds is 7. The zero-order valence-corrected chi connectivity index (χ0v) is 16.9. The Morgan fingerprint density at radius 1 is 1.26 bits per heavy atom. The largest absolute Gasteiger partial charge is 0.383 e. The minimum absolute atomic E-state index is 0.220. The quantitative estimate of drug-likeness (QED) is 0.553. The van der Waals surface area contributed by atoms with Crippen LogP contribution >= 0.6 is 23.1 Å². The summed E-state index contributed by atoms with van der Waals surface area (Å²) < 4.78 is 21.9. The summed E-state index contributed by atoms with van der Waals surface area (Å²) in [5.74, 6) is 0.444. The fraction of sp³-hybridized carbons (Fsp3) is 0.300. The molecule has 0 fully saturated rings. The molecule has 0 unspecified atom stereocenters. The number of carbonyl (C=O) groups is 1. The summed E-state index contributed by atoms with van der Waals surface area (Å²) in [7, 11) is 1.59. The molecule has 1 amide bonds. The van der Waals surface area contributed by atoms with E-state index >= 15 is 0 Å². The van der Waals surface area contributed by atoms with Gasteiger partial charge in [-0.25, -0.2) is 4.39 Å². The lowest BCUT2D eigenvalue weighted by atomic mass is 10.1. The number of amides is 1. The lowest BCUT2D eigenvalue weighted by molar-refractivity contribution is -0.117. The number of thiazole rings is 1. The molecule has 0 saturated heterocycles. The van der Waals surface area contributed by atoms with E-state index in [1.54, 1.807) is 29.5 Å². The van der Waals surface area contributed by atoms with E-state index in [-0.39, 0.29) is 18.1 Å². The minimum Gasteiger partial charge on any atom is -0.383 e. The average Bonchev–Trinajstić information content (AvgIpc) is 3.00. The fourth-order valence-electron chi connectivity index (χ4n) is 2.75. The molecule has 0 aliphatic heterocycles. The van der Waals surface area contributed by atoms with Gasteiger partial charge in [-0.15, -0.1) is 11.8 Å². The van der Waals surface area contributed by atoms with Crippen LogP contribution in [0.5, 0.6) is 0 Å². The Morgan fingerprint density at radius 2 is 2.04 bits per heavy atom. The predicted molar refractivity (Wildman–Crippen MR) is 109 cm³/mol. The second kappa shape index (κ2) is 9.30. The van der Waals surface area contributed by atoms with E-state index < -0.39 is 0 Å². The minimum atomic E-state index is -0.322. The van der Waals surface area contributed by atoms with Crippen molar-refractivity contribution in [3.63, 3.8) is 0 Å². The van der Waals surface area contributed by atoms with Gasteiger partial charge in [-0.3, -0.25) is 4.79 Å². The van der Waals surface area contributed by atoms with Crippen molar-refractivity contribution >= 4 is 39.2 Å². The topological polar surface area (TPSA) is 43.6 Å². The highest BCUT2D eigenvalue weighted by Crippen LogP contribution is 2.21. The molecule has 3 aromatic rings. The zero-order chi connectivity index (χ0) is 19.2. The van der Waals surface area contributed by atoms with Gasteiger partial charge in [0.1, 0.15) is 5.82 Å². The van der Waals surface area contributed by atoms with Gasteiger partial charge in [-0.2, -0.15) is 4.99 Å². The van der Waals surface area contributed by atoms with Crippen LogP contribution in [0, 0.1) is 5.82 Å². The van der Waals surface area contributed by atoms with Crippen molar-refractivity contribution < 1.29 is 13.9 Å². The number of carbonyl (C=O) groups excluding carboxylic acids is 1. The van der Waals surface area contributed by atoms with Crippen LogP contribution in [0.15, 0.2) is 52.4 Å². The summed E-state index contributed by atoms with van der Waals surface area (Å²) in [6.07, 6.45) is 0.220. The van der Waals surface area contributed by atoms with Crippen molar-refractivity contribution in [2.75, 3.05) is 19.5 Å². The van der Waals surface area contributed by atoms with Crippen molar-refractivity contribution in [3.05, 3.63) is 58.6 Å². The normalized spacial score (nSPS) is 12.0. The number of methoxy groups -OCH3 is 1. The second-order valence-corrected chi connectivity index (χ2v) is 8.22. The molecule has 1 heterocycles. The number of benzene rings is 2. The molecule has 27 heavy (non-hydrogen) atoms. The van der Waals surface area contributed by atoms with Gasteiger partial charge < -0.3 is 9.30 Å². The summed E-state index contributed by atoms with van der Waals surface area (Å²) >= 11 is 3.07. The lowest BCUT2D eigenvalue weighted by Crippen LogP contribution is -2.20. The first-order valence-electron chi connectivity index (χ1n) is 8.68. The summed E-state index contributed by atoms with van der Waals surface area (Å²) in [6, 6.07) is 12.9. The third-order valence-corrected chi connectivity index (χ3v) is 5.92. The molecule has 0 saturated carbocycles. The SMILES string of the molecule is CCSc1ccc(CC(=O)N=c2sc3cccc(F)c3n2CCOC)cc1. The van der Waals surface area contributed by atoms with Gasteiger partial charge in [0.05, 0.1) is 23.2 Å². The first-order chi connectivity index (χ1) is 13.1. The third-order valence-electron chi connectivity index (χ3n) is 3.98. The number of para-hydroxylation sites is 1. The smallest absolute Gasteiger partial charge is 0.252 e. The molecule has 0 atom stereocenters. The van der Waals surface area contributed by atoms with Crippen LogP contribution in [-0.2, 0) is 22.5 Å². The molecule has 0 radical (unpaired) electrons. The summed E-state index contributed by atoms with van der Waals surface area (Å²) in [4.78, 5) is 18.4. The van der Waals surface area contributed by atoms with E-state index in [9.17, 15) is 9.18 Å². The monoisotopic (exact) mass is 404 g/mol. The van der Waals surface area contributed by atoms with Crippen molar-refractivity contribution in [1.82, 2.24) is 4.57 Å². The van der Waals surface area contributed by atoms with Gasteiger partial charge >= 0.3 is 0 Å². The molecule has 0 N–H and O–H groups in total. The number of nitrogens with zero attached hydrogens (tertiary/aromatic N) is 2. The molecule has 3 rings (SSSR count). The van der Waals surface area contributed by atoms with Gasteiger partial charge in [0.2, 0.25) is 0 Å². The number of hydrogen-bond acceptors (Lipinski definition) is 4. The molecular weight excluding hydrogens is 383 g/mol. The van der Waals surface area contributed by atoms with Crippen LogP contribution in [0.4, 0.5) is 4.39 Å². The van der Waals surface area contributed by atoms with E-state index in [1.165, 1.54) is 22.3 Å². The molecule has 142 valence electrons. The maximum atomic E-state index is 14.3. The predicted octanol–water partition coefficient (Wildman–Crippen LogP) is 4.27. The first-order valence-corrected chi connectivity index (χ1v) is 10.5. The van der Waals surface area contributed by atoms with Crippen LogP contribution in [0.3, 0.4) is 0 Å². The lowest BCUT2D eigenvalue weighted by Gasteiger charge is -2.05. The van der Waals surface area contributed by atoms with E-state index in [0.717, 1.165) is 16.0 Å². The number of hydrogen-bond donors (Lipinski definition) is 0. The number of halogens is 1. The van der Waals surface area contributed by atoms with E-state index in [2.05, 4.69) is 11.9 Å². The van der Waals surface area contributed by atoms with Crippen molar-refractivity contribution in [2.24, 2.45) is 4.99 Å². The standard InChI is InChI=1S/C20H21FN2O2S2/c1-3-26-15-9-7-14(8-10-15)13-18(24)22-20-23(11-12-25-2)19-16(21)5-4-6-17(19)27-20/h4-10H,3,11-13H2,1-2H3. The molecule has 0 aliphatic rings. The first kappa shape index (κ1) is 19.8. The Morgan fingerprint density at radius 3 is 2.74 bits per heavy atom. The summed E-state index contributed by atoms with van der Waals surface area (Å²) in [5, 5.41) is 0. The van der Waals surface area contributed by atoms with Crippen molar-refractivity contribution in [3.8, 4) is 0 Å². The van der Waals surface area contributed by atoms with Crippen LogP contribution in [-0.4, -0.2) is 29.9 Å². The molecule has 1 aromatic heterocycles. The molecule has 7 heteroatoms. The molecule has 0 aliphatic carbocycles. The van der Waals surface area contributed by atoms with Crippen LogP contribution < -0.4 is 4.80 Å². The molecule has 2 aromatic carbocycles. The van der Waals surface area contributed by atoms with Gasteiger partial charge in [-0.05, 0) is 35.6 Å². The van der Waals surface area contributed by atoms with E-state index in [4.69, 9.17) is 4.74 Å². The van der Waals surface area contributed by atoms with Crippen molar-refractivity contribution in [2.45, 2.75) is 24.8 Å². The van der Waals surface area contributed by atoms with Gasteiger partial charge in [-0.1, -0.05) is 36.5 Å². The summed E-state index contributed by atoms with van der Waals surface area (Å²) in [5.41, 5.74) is 1.38. The Kier molecular flexibility index (Phi) is 6.82. The molecule has 0 bridgehead atoms. The molecular formula is C20H21FN2O2S2. The van der Waals surface area contributed by atoms with Crippen LogP contribution in [0.1, 0.15) is 12.5 Å². The Bertz CT molecular complexity index is 993. The second-order valence-electron chi connectivity index (χ2n) is 5.87. The highest BCUT2D eigenvalue weighted by Gasteiger charge is 2.12. The fourth-order valence-corrected chi connectivity index (χ4v) is 4.50. The van der Waals surface area contributed by atoms with E-state index in [0.29, 0.717) is 23.5 Å². The van der Waals surface area contributed by atoms with Gasteiger partial charge in [0.15, 0.2) is 4.80 Å².